The smallest absolute Gasteiger partial charge is 0.305 e. The van der Waals surface area contributed by atoms with Crippen molar-refractivity contribution in [2.45, 2.75) is 26.3 Å². The van der Waals surface area contributed by atoms with E-state index in [9.17, 15) is 9.59 Å². The predicted octanol–water partition coefficient (Wildman–Crippen LogP) is 2.73. The highest BCUT2D eigenvalue weighted by atomic mass is 35.5. The van der Waals surface area contributed by atoms with E-state index in [1.54, 1.807) is 12.1 Å². The topological polar surface area (TPSA) is 57.6 Å². The van der Waals surface area contributed by atoms with Crippen molar-refractivity contribution in [3.05, 3.63) is 21.3 Å². The maximum atomic E-state index is 12.1. The molecule has 1 rings (SSSR count). The molecule has 1 amide bonds. The van der Waals surface area contributed by atoms with E-state index < -0.39 is 5.97 Å². The van der Waals surface area contributed by atoms with Crippen LogP contribution in [-0.4, -0.2) is 34.5 Å². The van der Waals surface area contributed by atoms with Crippen LogP contribution in [0.1, 0.15) is 29.9 Å². The van der Waals surface area contributed by atoms with E-state index in [-0.39, 0.29) is 24.9 Å². The van der Waals surface area contributed by atoms with Crippen molar-refractivity contribution in [3.8, 4) is 0 Å². The Morgan fingerprint density at radius 3 is 2.53 bits per heavy atom. The predicted molar refractivity (Wildman–Crippen MR) is 67.8 cm³/mol. The number of thiophene rings is 1. The summed E-state index contributed by atoms with van der Waals surface area (Å²) in [6, 6.07) is 3.28. The lowest BCUT2D eigenvalue weighted by molar-refractivity contribution is -0.137. The highest BCUT2D eigenvalue weighted by molar-refractivity contribution is 7.17. The minimum Gasteiger partial charge on any atom is -0.481 e. The molecule has 0 radical (unpaired) electrons. The van der Waals surface area contributed by atoms with E-state index in [1.165, 1.54) is 16.2 Å². The van der Waals surface area contributed by atoms with Gasteiger partial charge in [0, 0.05) is 12.6 Å². The zero-order valence-electron chi connectivity index (χ0n) is 9.64. The number of carboxylic acids is 1. The lowest BCUT2D eigenvalue weighted by atomic mass is 10.2. The molecule has 0 saturated heterocycles. The third-order valence-electron chi connectivity index (χ3n) is 2.23. The SMILES string of the molecule is CC(C)N(CCC(=O)O)C(=O)c1ccc(Cl)s1. The van der Waals surface area contributed by atoms with Gasteiger partial charge in [0.05, 0.1) is 15.6 Å². The molecule has 0 aliphatic carbocycles. The minimum atomic E-state index is -0.910. The van der Waals surface area contributed by atoms with Crippen molar-refractivity contribution in [3.63, 3.8) is 0 Å². The zero-order chi connectivity index (χ0) is 13.0. The minimum absolute atomic E-state index is 0.0391. The average molecular weight is 276 g/mol. The van der Waals surface area contributed by atoms with E-state index in [0.717, 1.165) is 0 Å². The van der Waals surface area contributed by atoms with Gasteiger partial charge in [0.25, 0.3) is 5.91 Å². The molecule has 0 fully saturated rings. The number of rotatable bonds is 5. The summed E-state index contributed by atoms with van der Waals surface area (Å²) in [6.07, 6.45) is -0.0526. The summed E-state index contributed by atoms with van der Waals surface area (Å²) in [6.45, 7) is 3.92. The highest BCUT2D eigenvalue weighted by Crippen LogP contribution is 2.23. The third kappa shape index (κ3) is 4.02. The Labute approximate surface area is 109 Å². The van der Waals surface area contributed by atoms with Gasteiger partial charge in [-0.3, -0.25) is 9.59 Å². The molecule has 0 aliphatic heterocycles. The van der Waals surface area contributed by atoms with E-state index in [1.807, 2.05) is 13.8 Å². The largest absolute Gasteiger partial charge is 0.481 e. The second-order valence-electron chi connectivity index (χ2n) is 3.84. The monoisotopic (exact) mass is 275 g/mol. The van der Waals surface area contributed by atoms with Crippen LogP contribution in [0.15, 0.2) is 12.1 Å². The summed E-state index contributed by atoms with van der Waals surface area (Å²) in [5, 5.41) is 8.64. The molecule has 1 aromatic heterocycles. The van der Waals surface area contributed by atoms with Crippen molar-refractivity contribution in [2.75, 3.05) is 6.54 Å². The van der Waals surface area contributed by atoms with Gasteiger partial charge in [0.2, 0.25) is 0 Å². The molecular weight excluding hydrogens is 262 g/mol. The van der Waals surface area contributed by atoms with Crippen molar-refractivity contribution in [1.29, 1.82) is 0 Å². The van der Waals surface area contributed by atoms with Crippen LogP contribution in [0.3, 0.4) is 0 Å². The lowest BCUT2D eigenvalue weighted by Crippen LogP contribution is -2.38. The van der Waals surface area contributed by atoms with Gasteiger partial charge in [0.15, 0.2) is 0 Å². The summed E-state index contributed by atoms with van der Waals surface area (Å²) >= 11 is 6.97. The Balaban J connectivity index is 2.77. The summed E-state index contributed by atoms with van der Waals surface area (Å²) < 4.78 is 0.551. The summed E-state index contributed by atoms with van der Waals surface area (Å²) in [7, 11) is 0. The number of halogens is 1. The Kier molecular flexibility index (Phi) is 4.96. The number of aliphatic carboxylic acids is 1. The van der Waals surface area contributed by atoms with Gasteiger partial charge in [-0.05, 0) is 26.0 Å². The average Bonchev–Trinajstić information content (AvgIpc) is 2.63. The van der Waals surface area contributed by atoms with Crippen LogP contribution in [-0.2, 0) is 4.79 Å². The number of carbonyl (C=O) groups is 2. The van der Waals surface area contributed by atoms with Crippen LogP contribution >= 0.6 is 22.9 Å². The molecule has 0 aliphatic rings. The molecule has 0 bridgehead atoms. The maximum absolute atomic E-state index is 12.1. The van der Waals surface area contributed by atoms with Crippen molar-refractivity contribution in [1.82, 2.24) is 4.90 Å². The Morgan fingerprint density at radius 1 is 1.47 bits per heavy atom. The van der Waals surface area contributed by atoms with Crippen molar-refractivity contribution in [2.24, 2.45) is 0 Å². The number of hydrogen-bond donors (Lipinski definition) is 1. The molecular formula is C11H14ClNO3S. The van der Waals surface area contributed by atoms with E-state index in [4.69, 9.17) is 16.7 Å². The van der Waals surface area contributed by atoms with Gasteiger partial charge < -0.3 is 10.0 Å². The first-order valence-corrected chi connectivity index (χ1v) is 6.39. The number of carbonyl (C=O) groups excluding carboxylic acids is 1. The molecule has 0 unspecified atom stereocenters. The summed E-state index contributed by atoms with van der Waals surface area (Å²) in [5.74, 6) is -1.08. The standard InChI is InChI=1S/C11H14ClNO3S/c1-7(2)13(6-5-10(14)15)11(16)8-3-4-9(12)17-8/h3-4,7H,5-6H2,1-2H3,(H,14,15). The molecule has 4 nitrogen and oxygen atoms in total. The molecule has 0 saturated carbocycles. The van der Waals surface area contributed by atoms with Gasteiger partial charge in [0.1, 0.15) is 0 Å². The number of carboxylic acid groups (broad SMARTS) is 1. The summed E-state index contributed by atoms with van der Waals surface area (Å²) in [4.78, 5) is 24.7. The second-order valence-corrected chi connectivity index (χ2v) is 5.55. The molecule has 1 aromatic rings. The van der Waals surface area contributed by atoms with Gasteiger partial charge in [-0.15, -0.1) is 11.3 Å². The van der Waals surface area contributed by atoms with Crippen molar-refractivity contribution >= 4 is 34.8 Å². The molecule has 0 aromatic carbocycles. The van der Waals surface area contributed by atoms with E-state index >= 15 is 0 Å². The second kappa shape index (κ2) is 6.02. The number of amides is 1. The number of nitrogens with zero attached hydrogens (tertiary/aromatic N) is 1. The van der Waals surface area contributed by atoms with Crippen LogP contribution in [0.4, 0.5) is 0 Å². The van der Waals surface area contributed by atoms with E-state index in [0.29, 0.717) is 9.21 Å². The zero-order valence-corrected chi connectivity index (χ0v) is 11.2. The molecule has 6 heteroatoms. The third-order valence-corrected chi connectivity index (χ3v) is 3.45. The molecule has 1 N–H and O–H groups in total. The van der Waals surface area contributed by atoms with Crippen LogP contribution in [0.5, 0.6) is 0 Å². The van der Waals surface area contributed by atoms with Crippen LogP contribution in [0.2, 0.25) is 4.34 Å². The van der Waals surface area contributed by atoms with Crippen LogP contribution in [0.25, 0.3) is 0 Å². The van der Waals surface area contributed by atoms with Crippen LogP contribution in [0, 0.1) is 0 Å². The first kappa shape index (κ1) is 14.0. The van der Waals surface area contributed by atoms with Gasteiger partial charge >= 0.3 is 5.97 Å². The van der Waals surface area contributed by atoms with Crippen molar-refractivity contribution < 1.29 is 14.7 Å². The first-order chi connectivity index (χ1) is 7.91. The fourth-order valence-corrected chi connectivity index (χ4v) is 2.38. The van der Waals surface area contributed by atoms with Gasteiger partial charge in [-0.1, -0.05) is 11.6 Å². The maximum Gasteiger partial charge on any atom is 0.305 e. The number of hydrogen-bond acceptors (Lipinski definition) is 3. The van der Waals surface area contributed by atoms with Gasteiger partial charge in [-0.2, -0.15) is 0 Å². The van der Waals surface area contributed by atoms with E-state index in [2.05, 4.69) is 0 Å². The lowest BCUT2D eigenvalue weighted by Gasteiger charge is -2.25. The molecule has 0 spiro atoms. The molecule has 1 heterocycles. The summed E-state index contributed by atoms with van der Waals surface area (Å²) in [5.41, 5.74) is 0. The fraction of sp³-hybridized carbons (Fsp3) is 0.455. The fourth-order valence-electron chi connectivity index (χ4n) is 1.38. The normalized spacial score (nSPS) is 10.6. The Hall–Kier alpha value is -1.07. The molecule has 94 valence electrons. The quantitative estimate of drug-likeness (QED) is 0.899. The first-order valence-electron chi connectivity index (χ1n) is 5.20. The Bertz CT molecular complexity index is 417. The van der Waals surface area contributed by atoms with Gasteiger partial charge in [-0.25, -0.2) is 0 Å². The highest BCUT2D eigenvalue weighted by Gasteiger charge is 2.20. The van der Waals surface area contributed by atoms with Crippen LogP contribution < -0.4 is 0 Å². The Morgan fingerprint density at radius 2 is 2.12 bits per heavy atom. The molecule has 0 atom stereocenters. The molecule has 17 heavy (non-hydrogen) atoms.